The van der Waals surface area contributed by atoms with Gasteiger partial charge in [0.15, 0.2) is 6.61 Å². The predicted molar refractivity (Wildman–Crippen MR) is 80.4 cm³/mol. The summed E-state index contributed by atoms with van der Waals surface area (Å²) in [5.74, 6) is -0.559. The van der Waals surface area contributed by atoms with Crippen molar-refractivity contribution in [2.75, 3.05) is 6.61 Å². The minimum absolute atomic E-state index is 0.0478. The lowest BCUT2D eigenvalue weighted by Gasteiger charge is -2.20. The van der Waals surface area contributed by atoms with Crippen LogP contribution in [0.25, 0.3) is 0 Å². The highest BCUT2D eigenvalue weighted by atomic mass is 16.5. The van der Waals surface area contributed by atoms with E-state index in [2.05, 4.69) is 5.32 Å². The summed E-state index contributed by atoms with van der Waals surface area (Å²) in [5, 5.41) is 11.5. The first-order valence-electron chi connectivity index (χ1n) is 7.00. The monoisotopic (exact) mass is 293 g/mol. The van der Waals surface area contributed by atoms with Gasteiger partial charge in [0.05, 0.1) is 6.42 Å². The maximum atomic E-state index is 11.8. The van der Waals surface area contributed by atoms with Crippen molar-refractivity contribution >= 4 is 11.9 Å². The first-order valence-corrected chi connectivity index (χ1v) is 7.00. The van der Waals surface area contributed by atoms with E-state index in [1.54, 1.807) is 0 Å². The van der Waals surface area contributed by atoms with Gasteiger partial charge in [-0.05, 0) is 43.0 Å². The lowest BCUT2D eigenvalue weighted by Crippen LogP contribution is -2.42. The molecule has 0 aromatic heterocycles. The van der Waals surface area contributed by atoms with Gasteiger partial charge >= 0.3 is 5.97 Å². The highest BCUT2D eigenvalue weighted by molar-refractivity contribution is 5.78. The summed E-state index contributed by atoms with van der Waals surface area (Å²) in [6.07, 6.45) is -0.0902. The van der Waals surface area contributed by atoms with Crippen LogP contribution in [0, 0.1) is 19.8 Å². The molecule has 0 saturated heterocycles. The summed E-state index contributed by atoms with van der Waals surface area (Å²) >= 11 is 0. The van der Waals surface area contributed by atoms with Crippen molar-refractivity contribution in [1.29, 1.82) is 0 Å². The van der Waals surface area contributed by atoms with Gasteiger partial charge in [0.25, 0.3) is 5.91 Å². The van der Waals surface area contributed by atoms with E-state index in [-0.39, 0.29) is 24.9 Å². The molecule has 116 valence electrons. The Hall–Kier alpha value is -2.04. The van der Waals surface area contributed by atoms with Gasteiger partial charge in [-0.1, -0.05) is 19.9 Å². The molecule has 1 rings (SSSR count). The third-order valence-electron chi connectivity index (χ3n) is 3.39. The van der Waals surface area contributed by atoms with E-state index >= 15 is 0 Å². The molecule has 0 heterocycles. The normalized spacial score (nSPS) is 12.0. The highest BCUT2D eigenvalue weighted by Gasteiger charge is 2.19. The molecule has 0 aliphatic heterocycles. The predicted octanol–water partition coefficient (Wildman–Crippen LogP) is 2.30. The Kier molecular flexibility index (Phi) is 6.21. The van der Waals surface area contributed by atoms with Gasteiger partial charge < -0.3 is 15.2 Å². The van der Waals surface area contributed by atoms with E-state index in [4.69, 9.17) is 9.84 Å². The fraction of sp³-hybridized carbons (Fsp3) is 0.500. The first kappa shape index (κ1) is 17.0. The minimum atomic E-state index is -0.927. The summed E-state index contributed by atoms with van der Waals surface area (Å²) in [4.78, 5) is 22.6. The van der Waals surface area contributed by atoms with Crippen LogP contribution in [0.2, 0.25) is 0 Å². The van der Waals surface area contributed by atoms with Crippen LogP contribution in [0.3, 0.4) is 0 Å². The van der Waals surface area contributed by atoms with Crippen LogP contribution in [-0.2, 0) is 9.59 Å². The Bertz CT molecular complexity index is 511. The molecule has 0 aliphatic rings. The third kappa shape index (κ3) is 5.85. The number of rotatable bonds is 7. The molecule has 1 atom stereocenters. The molecule has 5 nitrogen and oxygen atoms in total. The molecule has 0 bridgehead atoms. The number of aliphatic carboxylic acids is 1. The average molecular weight is 293 g/mol. The largest absolute Gasteiger partial charge is 0.484 e. The molecule has 0 aliphatic carbocycles. The number of aryl methyl sites for hydroxylation is 2. The zero-order valence-electron chi connectivity index (χ0n) is 13.0. The lowest BCUT2D eigenvalue weighted by atomic mass is 10.0. The van der Waals surface area contributed by atoms with Gasteiger partial charge in [0.2, 0.25) is 0 Å². The van der Waals surface area contributed by atoms with Crippen molar-refractivity contribution < 1.29 is 19.4 Å². The molecule has 2 N–H and O–H groups in total. The van der Waals surface area contributed by atoms with Crippen molar-refractivity contribution in [3.05, 3.63) is 29.3 Å². The van der Waals surface area contributed by atoms with Crippen molar-refractivity contribution in [3.63, 3.8) is 0 Å². The van der Waals surface area contributed by atoms with Gasteiger partial charge in [-0.25, -0.2) is 0 Å². The summed E-state index contributed by atoms with van der Waals surface area (Å²) < 4.78 is 5.43. The molecule has 0 saturated carbocycles. The van der Waals surface area contributed by atoms with Crippen molar-refractivity contribution in [3.8, 4) is 5.75 Å². The van der Waals surface area contributed by atoms with Crippen molar-refractivity contribution in [2.24, 2.45) is 5.92 Å². The van der Waals surface area contributed by atoms with E-state index < -0.39 is 12.0 Å². The smallest absolute Gasteiger partial charge is 0.305 e. The molecule has 5 heteroatoms. The molecule has 1 amide bonds. The Balaban J connectivity index is 2.52. The zero-order chi connectivity index (χ0) is 16.0. The topological polar surface area (TPSA) is 75.6 Å². The first-order chi connectivity index (χ1) is 9.79. The van der Waals surface area contributed by atoms with Gasteiger partial charge in [-0.2, -0.15) is 0 Å². The summed E-state index contributed by atoms with van der Waals surface area (Å²) in [7, 11) is 0. The molecule has 1 unspecified atom stereocenters. The molecule has 0 fully saturated rings. The van der Waals surface area contributed by atoms with E-state index in [0.717, 1.165) is 11.1 Å². The van der Waals surface area contributed by atoms with Gasteiger partial charge in [0, 0.05) is 6.04 Å². The van der Waals surface area contributed by atoms with Crippen molar-refractivity contribution in [1.82, 2.24) is 5.32 Å². The number of carbonyl (C=O) groups is 2. The quantitative estimate of drug-likeness (QED) is 0.809. The third-order valence-corrected chi connectivity index (χ3v) is 3.39. The molecular formula is C16H23NO4. The molecular weight excluding hydrogens is 270 g/mol. The summed E-state index contributed by atoms with van der Waals surface area (Å²) in [6.45, 7) is 7.61. The second kappa shape index (κ2) is 7.67. The van der Waals surface area contributed by atoms with Crippen LogP contribution < -0.4 is 10.1 Å². The maximum Gasteiger partial charge on any atom is 0.305 e. The van der Waals surface area contributed by atoms with Gasteiger partial charge in [0.1, 0.15) is 5.75 Å². The molecule has 0 spiro atoms. The van der Waals surface area contributed by atoms with Crippen LogP contribution >= 0.6 is 0 Å². The maximum absolute atomic E-state index is 11.8. The number of nitrogens with one attached hydrogen (secondary N) is 1. The lowest BCUT2D eigenvalue weighted by molar-refractivity contribution is -0.138. The second-order valence-electron chi connectivity index (χ2n) is 5.55. The molecule has 1 aromatic rings. The van der Waals surface area contributed by atoms with Crippen LogP contribution in [0.4, 0.5) is 0 Å². The molecule has 0 radical (unpaired) electrons. The highest BCUT2D eigenvalue weighted by Crippen LogP contribution is 2.16. The Morgan fingerprint density at radius 1 is 1.24 bits per heavy atom. The fourth-order valence-corrected chi connectivity index (χ4v) is 1.84. The number of carboxylic acid groups (broad SMARTS) is 1. The number of amides is 1. The molecule has 21 heavy (non-hydrogen) atoms. The minimum Gasteiger partial charge on any atom is -0.484 e. The van der Waals surface area contributed by atoms with E-state index in [1.807, 2.05) is 45.9 Å². The Morgan fingerprint density at radius 3 is 2.43 bits per heavy atom. The number of hydrogen-bond acceptors (Lipinski definition) is 3. The summed E-state index contributed by atoms with van der Waals surface area (Å²) in [6, 6.07) is 5.23. The van der Waals surface area contributed by atoms with Crippen LogP contribution in [-0.4, -0.2) is 29.6 Å². The zero-order valence-corrected chi connectivity index (χ0v) is 13.0. The number of benzene rings is 1. The van der Waals surface area contributed by atoms with E-state index in [0.29, 0.717) is 5.75 Å². The summed E-state index contributed by atoms with van der Waals surface area (Å²) in [5.41, 5.74) is 2.26. The van der Waals surface area contributed by atoms with Gasteiger partial charge in [-0.3, -0.25) is 9.59 Å². The number of carboxylic acids is 1. The SMILES string of the molecule is Cc1ccc(OCC(=O)NC(CC(=O)O)C(C)C)cc1C. The Labute approximate surface area is 125 Å². The van der Waals surface area contributed by atoms with Crippen LogP contribution in [0.1, 0.15) is 31.4 Å². The number of ether oxygens (including phenoxy) is 1. The molecule has 1 aromatic carbocycles. The number of hydrogen-bond donors (Lipinski definition) is 2. The standard InChI is InChI=1S/C16H23NO4/c1-10(2)14(8-16(19)20)17-15(18)9-21-13-6-5-11(3)12(4)7-13/h5-7,10,14H,8-9H2,1-4H3,(H,17,18)(H,19,20). The van der Waals surface area contributed by atoms with Crippen LogP contribution in [0.15, 0.2) is 18.2 Å². The number of carbonyl (C=O) groups excluding carboxylic acids is 1. The fourth-order valence-electron chi connectivity index (χ4n) is 1.84. The Morgan fingerprint density at radius 2 is 1.90 bits per heavy atom. The van der Waals surface area contributed by atoms with Crippen LogP contribution in [0.5, 0.6) is 5.75 Å². The second-order valence-corrected chi connectivity index (χ2v) is 5.55. The average Bonchev–Trinajstić information content (AvgIpc) is 2.38. The van der Waals surface area contributed by atoms with E-state index in [1.165, 1.54) is 0 Å². The van der Waals surface area contributed by atoms with Gasteiger partial charge in [-0.15, -0.1) is 0 Å². The van der Waals surface area contributed by atoms with Crippen molar-refractivity contribution in [2.45, 2.75) is 40.2 Å². The van der Waals surface area contributed by atoms with E-state index in [9.17, 15) is 9.59 Å².